The molecule has 1 aromatic heterocycles. The van der Waals surface area contributed by atoms with Gasteiger partial charge in [-0.15, -0.1) is 0 Å². The lowest BCUT2D eigenvalue weighted by atomic mass is 10.2. The number of hydrogen-bond acceptors (Lipinski definition) is 5. The summed E-state index contributed by atoms with van der Waals surface area (Å²) in [5, 5.41) is 0.625. The Morgan fingerprint density at radius 1 is 1.03 bits per heavy atom. The van der Waals surface area contributed by atoms with Crippen molar-refractivity contribution in [2.75, 3.05) is 45.8 Å². The van der Waals surface area contributed by atoms with Gasteiger partial charge in [0.15, 0.2) is 0 Å². The van der Waals surface area contributed by atoms with Crippen molar-refractivity contribution in [3.8, 4) is 0 Å². The third-order valence-corrected chi connectivity index (χ3v) is 6.30. The molecule has 4 rings (SSSR count). The lowest BCUT2D eigenvalue weighted by Crippen LogP contribution is -2.50. The number of nitrogens with one attached hydrogen (secondary N) is 1. The molecule has 0 spiro atoms. The normalized spacial score (nSPS) is 20.5. The predicted octanol–water partition coefficient (Wildman–Crippen LogP) is 2.00. The Morgan fingerprint density at radius 3 is 2.45 bits per heavy atom. The van der Waals surface area contributed by atoms with Crippen LogP contribution in [0.15, 0.2) is 29.1 Å². The Hall–Kier alpha value is -2.25. The first-order valence-electron chi connectivity index (χ1n) is 10.8. The second kappa shape index (κ2) is 9.05. The second-order valence-electron chi connectivity index (χ2n) is 8.25. The molecule has 7 nitrogen and oxygen atoms in total. The number of carbonyl (C=O) groups is 1. The molecular weight excluding hydrogens is 366 g/mol. The van der Waals surface area contributed by atoms with Crippen LogP contribution in [0.25, 0.3) is 10.9 Å². The van der Waals surface area contributed by atoms with Crippen LogP contribution in [-0.2, 0) is 4.79 Å². The number of nitrogens with zero attached hydrogens (tertiary/aromatic N) is 4. The van der Waals surface area contributed by atoms with Crippen molar-refractivity contribution in [1.82, 2.24) is 24.7 Å². The molecule has 2 fully saturated rings. The van der Waals surface area contributed by atoms with E-state index in [1.54, 1.807) is 6.07 Å². The summed E-state index contributed by atoms with van der Waals surface area (Å²) in [6.07, 6.45) is 4.75. The molecule has 0 bridgehead atoms. The minimum atomic E-state index is -0.0841. The van der Waals surface area contributed by atoms with Gasteiger partial charge in [0.1, 0.15) is 5.82 Å². The number of carbonyl (C=O) groups excluding carboxylic acids is 1. The van der Waals surface area contributed by atoms with E-state index in [4.69, 9.17) is 0 Å². The van der Waals surface area contributed by atoms with Gasteiger partial charge in [0.2, 0.25) is 5.91 Å². The van der Waals surface area contributed by atoms with Crippen LogP contribution in [0.3, 0.4) is 0 Å². The van der Waals surface area contributed by atoms with Crippen molar-refractivity contribution in [3.63, 3.8) is 0 Å². The van der Waals surface area contributed by atoms with Crippen molar-refractivity contribution in [1.29, 1.82) is 0 Å². The molecule has 3 heterocycles. The van der Waals surface area contributed by atoms with Crippen LogP contribution in [-0.4, -0.2) is 76.4 Å². The average molecular weight is 398 g/mol. The highest BCUT2D eigenvalue weighted by atomic mass is 16.2. The fourth-order valence-electron chi connectivity index (χ4n) is 4.40. The van der Waals surface area contributed by atoms with Gasteiger partial charge in [-0.05, 0) is 31.9 Å². The number of H-pyrrole nitrogens is 1. The monoisotopic (exact) mass is 397 g/mol. The Balaban J connectivity index is 1.34. The summed E-state index contributed by atoms with van der Waals surface area (Å²) in [4.78, 5) is 39.3. The first-order valence-corrected chi connectivity index (χ1v) is 10.8. The molecule has 2 aromatic rings. The second-order valence-corrected chi connectivity index (χ2v) is 8.25. The lowest BCUT2D eigenvalue weighted by Gasteiger charge is -2.38. The fourth-order valence-corrected chi connectivity index (χ4v) is 4.40. The first-order chi connectivity index (χ1) is 14.1. The third kappa shape index (κ3) is 4.67. The Bertz CT molecular complexity index is 895. The molecule has 156 valence electrons. The highest BCUT2D eigenvalue weighted by molar-refractivity contribution is 5.78. The van der Waals surface area contributed by atoms with E-state index in [2.05, 4.69) is 26.7 Å². The van der Waals surface area contributed by atoms with Crippen LogP contribution in [0, 0.1) is 0 Å². The van der Waals surface area contributed by atoms with E-state index in [-0.39, 0.29) is 17.5 Å². The SMILES string of the molecule is CC(c1nc2ccccc2c(=O)[nH]1)N1CCN(CC(=O)N2CCCCCC2)CC1. The van der Waals surface area contributed by atoms with E-state index in [0.717, 1.165) is 57.6 Å². The first kappa shape index (κ1) is 20.0. The number of piperazine rings is 1. The molecule has 2 aliphatic rings. The van der Waals surface area contributed by atoms with Crippen LogP contribution < -0.4 is 5.56 Å². The number of rotatable bonds is 4. The molecule has 1 atom stereocenters. The number of likely N-dealkylation sites (tertiary alicyclic amines) is 1. The van der Waals surface area contributed by atoms with E-state index < -0.39 is 0 Å². The van der Waals surface area contributed by atoms with E-state index in [1.807, 2.05) is 23.1 Å². The van der Waals surface area contributed by atoms with Gasteiger partial charge in [-0.2, -0.15) is 0 Å². The standard InChI is InChI=1S/C22H31N5O2/c1-17(21-23-19-9-5-4-8-18(19)22(29)24-21)26-14-12-25(13-15-26)16-20(28)27-10-6-2-3-7-11-27/h4-5,8-9,17H,2-3,6-7,10-16H2,1H3,(H,23,24,29). The minimum absolute atomic E-state index is 0.0377. The fraction of sp³-hybridized carbons (Fsp3) is 0.591. The summed E-state index contributed by atoms with van der Waals surface area (Å²) in [5.74, 6) is 0.983. The van der Waals surface area contributed by atoms with Crippen LogP contribution in [0.5, 0.6) is 0 Å². The summed E-state index contributed by atoms with van der Waals surface area (Å²) in [7, 11) is 0. The molecule has 7 heteroatoms. The van der Waals surface area contributed by atoms with Crippen LogP contribution in [0.4, 0.5) is 0 Å². The Morgan fingerprint density at radius 2 is 1.72 bits per heavy atom. The summed E-state index contributed by atoms with van der Waals surface area (Å²) >= 11 is 0. The van der Waals surface area contributed by atoms with E-state index in [0.29, 0.717) is 17.8 Å². The van der Waals surface area contributed by atoms with Crippen molar-refractivity contribution in [2.45, 2.75) is 38.6 Å². The van der Waals surface area contributed by atoms with Gasteiger partial charge in [-0.25, -0.2) is 4.98 Å². The van der Waals surface area contributed by atoms with E-state index in [9.17, 15) is 9.59 Å². The molecule has 1 unspecified atom stereocenters. The van der Waals surface area contributed by atoms with Gasteiger partial charge in [-0.3, -0.25) is 19.4 Å². The molecular formula is C22H31N5O2. The Kier molecular flexibility index (Phi) is 6.25. The minimum Gasteiger partial charge on any atom is -0.342 e. The summed E-state index contributed by atoms with van der Waals surface area (Å²) in [6, 6.07) is 7.48. The molecule has 2 saturated heterocycles. The van der Waals surface area contributed by atoms with Gasteiger partial charge >= 0.3 is 0 Å². The van der Waals surface area contributed by atoms with Gasteiger partial charge in [0, 0.05) is 39.3 Å². The molecule has 2 aliphatic heterocycles. The summed E-state index contributed by atoms with van der Waals surface area (Å²) in [5.41, 5.74) is 0.652. The maximum atomic E-state index is 12.6. The van der Waals surface area contributed by atoms with Gasteiger partial charge in [-0.1, -0.05) is 25.0 Å². The number of para-hydroxylation sites is 1. The smallest absolute Gasteiger partial charge is 0.258 e. The molecule has 0 radical (unpaired) electrons. The zero-order chi connectivity index (χ0) is 20.2. The van der Waals surface area contributed by atoms with Crippen molar-refractivity contribution < 1.29 is 4.79 Å². The molecule has 1 N–H and O–H groups in total. The molecule has 1 aromatic carbocycles. The molecule has 0 aliphatic carbocycles. The van der Waals surface area contributed by atoms with Crippen LogP contribution >= 0.6 is 0 Å². The number of aromatic nitrogens is 2. The predicted molar refractivity (Wildman–Crippen MR) is 114 cm³/mol. The molecule has 29 heavy (non-hydrogen) atoms. The quantitative estimate of drug-likeness (QED) is 0.854. The van der Waals surface area contributed by atoms with E-state index in [1.165, 1.54) is 12.8 Å². The maximum Gasteiger partial charge on any atom is 0.258 e. The van der Waals surface area contributed by atoms with Crippen LogP contribution in [0.1, 0.15) is 44.5 Å². The highest BCUT2D eigenvalue weighted by Gasteiger charge is 2.26. The van der Waals surface area contributed by atoms with E-state index >= 15 is 0 Å². The average Bonchev–Trinajstić information content (AvgIpc) is 3.03. The van der Waals surface area contributed by atoms with Gasteiger partial charge in [0.05, 0.1) is 23.5 Å². The molecule has 0 saturated carbocycles. The van der Waals surface area contributed by atoms with Gasteiger partial charge in [0.25, 0.3) is 5.56 Å². The Labute approximate surface area is 171 Å². The molecule has 1 amide bonds. The zero-order valence-corrected chi connectivity index (χ0v) is 17.3. The topological polar surface area (TPSA) is 72.5 Å². The largest absolute Gasteiger partial charge is 0.342 e. The third-order valence-electron chi connectivity index (χ3n) is 6.30. The van der Waals surface area contributed by atoms with Crippen molar-refractivity contribution in [2.24, 2.45) is 0 Å². The number of benzene rings is 1. The zero-order valence-electron chi connectivity index (χ0n) is 17.3. The number of amides is 1. The van der Waals surface area contributed by atoms with Crippen LogP contribution in [0.2, 0.25) is 0 Å². The summed E-state index contributed by atoms with van der Waals surface area (Å²) < 4.78 is 0. The summed E-state index contributed by atoms with van der Waals surface area (Å²) in [6.45, 7) is 7.89. The van der Waals surface area contributed by atoms with Crippen molar-refractivity contribution >= 4 is 16.8 Å². The highest BCUT2D eigenvalue weighted by Crippen LogP contribution is 2.19. The lowest BCUT2D eigenvalue weighted by molar-refractivity contribution is -0.132. The number of fused-ring (bicyclic) bond motifs is 1. The number of aromatic amines is 1. The maximum absolute atomic E-state index is 12.6. The van der Waals surface area contributed by atoms with Gasteiger partial charge < -0.3 is 9.88 Å². The number of hydrogen-bond donors (Lipinski definition) is 1. The van der Waals surface area contributed by atoms with Crippen molar-refractivity contribution in [3.05, 3.63) is 40.4 Å².